The fraction of sp³-hybridized carbons (Fsp3) is 0.571. The van der Waals surface area contributed by atoms with Gasteiger partial charge in [0, 0.05) is 17.7 Å². The van der Waals surface area contributed by atoms with Crippen molar-refractivity contribution in [3.8, 4) is 5.75 Å². The van der Waals surface area contributed by atoms with Crippen LogP contribution in [0.3, 0.4) is 0 Å². The van der Waals surface area contributed by atoms with E-state index >= 15 is 0 Å². The van der Waals surface area contributed by atoms with Crippen molar-refractivity contribution >= 4 is 48.5 Å². The van der Waals surface area contributed by atoms with Crippen LogP contribution in [0.4, 0.5) is 5.69 Å². The Morgan fingerprint density at radius 2 is 1.54 bits per heavy atom. The molecule has 0 aromatic heterocycles. The van der Waals surface area contributed by atoms with Gasteiger partial charge in [-0.25, -0.2) is 11.3 Å². The summed E-state index contributed by atoms with van der Waals surface area (Å²) in [6.07, 6.45) is 1.18. The summed E-state index contributed by atoms with van der Waals surface area (Å²) in [5.74, 6) is 4.48. The number of rotatable bonds is 7. The molecule has 0 spiro atoms. The second-order valence-corrected chi connectivity index (χ2v) is 9.04. The zero-order valence-electron chi connectivity index (χ0n) is 21.0. The highest BCUT2D eigenvalue weighted by Gasteiger charge is 2.28. The molecule has 3 rings (SSSR count). The molecule has 1 aromatic carbocycles. The normalized spacial score (nSPS) is 17.7. The van der Waals surface area contributed by atoms with E-state index in [4.69, 9.17) is 15.3 Å². The van der Waals surface area contributed by atoms with Crippen LogP contribution in [-0.4, -0.2) is 117 Å². The lowest BCUT2D eigenvalue weighted by Crippen LogP contribution is -2.56. The largest absolute Gasteiger partial charge is 0.507 e. The Morgan fingerprint density at radius 3 is 2.00 bits per heavy atom. The quantitative estimate of drug-likeness (QED) is 0.0848. The van der Waals surface area contributed by atoms with Gasteiger partial charge in [0.2, 0.25) is 0 Å². The van der Waals surface area contributed by atoms with E-state index in [-0.39, 0.29) is 60.2 Å². The molecule has 2 aliphatic heterocycles. The first kappa shape index (κ1) is 34.4. The molecule has 0 saturated carbocycles. The number of nitro benzene ring substituents is 1. The number of hydrogen-bond donors (Lipinski definition) is 4. The summed E-state index contributed by atoms with van der Waals surface area (Å²) >= 11 is 0. The minimum atomic E-state index is -0.571. The molecule has 210 valence electrons. The standard InChI is InChI=1S/C14H18N4O5.C7H15N3O2.2ClH/c1-18(4-6-23-7-5-18)10-14(20)16-15-9-11-8-12(17(21)22)2-3-13(11)19;1-10(6-7(11)9-8)2-4-12-5-3-10;;/h2-3,8-9H,4-7,10H2,1H3,(H-,15,16,19,20);2-6,8H2,1H3;2*1H/p+2. The number of morpholine rings is 2. The van der Waals surface area contributed by atoms with Crippen molar-refractivity contribution in [1.29, 1.82) is 0 Å². The van der Waals surface area contributed by atoms with Crippen molar-refractivity contribution < 1.29 is 38.1 Å². The highest BCUT2D eigenvalue weighted by atomic mass is 35.5. The average molecular weight is 570 g/mol. The molecule has 0 atom stereocenters. The number of quaternary nitrogens is 2. The molecule has 1 aromatic rings. The number of phenolic OH excluding ortho intramolecular Hbond substituents is 1. The van der Waals surface area contributed by atoms with Crippen molar-refractivity contribution in [3.05, 3.63) is 33.9 Å². The summed E-state index contributed by atoms with van der Waals surface area (Å²) in [5.41, 5.74) is 4.51. The predicted octanol–water partition coefficient (Wildman–Crippen LogP) is -0.476. The first-order chi connectivity index (χ1) is 16.6. The van der Waals surface area contributed by atoms with E-state index in [9.17, 15) is 24.8 Å². The molecule has 37 heavy (non-hydrogen) atoms. The highest BCUT2D eigenvalue weighted by molar-refractivity contribution is 5.86. The van der Waals surface area contributed by atoms with Crippen LogP contribution < -0.4 is 16.7 Å². The Balaban J connectivity index is 0.000000790. The third-order valence-corrected chi connectivity index (χ3v) is 5.93. The minimum Gasteiger partial charge on any atom is -0.507 e. The number of amides is 2. The molecule has 2 saturated heterocycles. The number of hydrazine groups is 1. The number of benzene rings is 1. The number of nitrogens with zero attached hydrogens (tertiary/aromatic N) is 4. The molecule has 2 fully saturated rings. The summed E-state index contributed by atoms with van der Waals surface area (Å²) in [5, 5.41) is 24.1. The van der Waals surface area contributed by atoms with Gasteiger partial charge in [-0.05, 0) is 6.07 Å². The molecule has 2 aliphatic rings. The van der Waals surface area contributed by atoms with E-state index in [0.717, 1.165) is 43.9 Å². The van der Waals surface area contributed by atoms with Crippen LogP contribution in [-0.2, 0) is 19.1 Å². The van der Waals surface area contributed by atoms with Crippen molar-refractivity contribution in [2.75, 3.05) is 79.8 Å². The number of halogens is 2. The average Bonchev–Trinajstić information content (AvgIpc) is 2.81. The lowest BCUT2D eigenvalue weighted by molar-refractivity contribution is -0.909. The number of phenols is 1. The van der Waals surface area contributed by atoms with Crippen molar-refractivity contribution in [2.24, 2.45) is 10.9 Å². The van der Waals surface area contributed by atoms with Gasteiger partial charge in [-0.3, -0.25) is 25.1 Å². The third kappa shape index (κ3) is 12.0. The first-order valence-electron chi connectivity index (χ1n) is 11.2. The topological polar surface area (TPSA) is 178 Å². The Morgan fingerprint density at radius 1 is 1.05 bits per heavy atom. The third-order valence-electron chi connectivity index (χ3n) is 5.93. The number of carbonyl (C=O) groups is 2. The maximum atomic E-state index is 11.9. The number of hydrogen-bond acceptors (Lipinski definition) is 9. The Kier molecular flexibility index (Phi) is 15.2. The van der Waals surface area contributed by atoms with Gasteiger partial charge in [-0.15, -0.1) is 24.8 Å². The van der Waals surface area contributed by atoms with Gasteiger partial charge in [-0.1, -0.05) is 0 Å². The van der Waals surface area contributed by atoms with Gasteiger partial charge in [0.15, 0.2) is 13.1 Å². The van der Waals surface area contributed by atoms with Crippen LogP contribution in [0, 0.1) is 10.1 Å². The summed E-state index contributed by atoms with van der Waals surface area (Å²) < 4.78 is 11.8. The molecular weight excluding hydrogens is 533 g/mol. The molecule has 0 unspecified atom stereocenters. The lowest BCUT2D eigenvalue weighted by atomic mass is 10.2. The summed E-state index contributed by atoms with van der Waals surface area (Å²) in [6, 6.07) is 3.58. The molecule has 5 N–H and O–H groups in total. The maximum absolute atomic E-state index is 11.9. The van der Waals surface area contributed by atoms with E-state index in [1.807, 2.05) is 14.1 Å². The molecule has 2 amide bonds. The van der Waals surface area contributed by atoms with E-state index in [1.54, 1.807) is 0 Å². The number of non-ortho nitro benzene ring substituents is 1. The fourth-order valence-corrected chi connectivity index (χ4v) is 3.59. The number of aromatic hydroxyl groups is 1. The summed E-state index contributed by atoms with van der Waals surface area (Å²) in [4.78, 5) is 33.0. The maximum Gasteiger partial charge on any atom is 0.295 e. The fourth-order valence-electron chi connectivity index (χ4n) is 3.59. The SMILES string of the molecule is C[N+]1(CC(=O)NN)CCOCC1.C[N+]1(CC(=O)NN=Cc2cc([N+](=O)[O-])ccc2O)CCOCC1.Cl.Cl. The minimum absolute atomic E-state index is 0. The number of ether oxygens (including phenoxy) is 2. The smallest absolute Gasteiger partial charge is 0.295 e. The molecule has 0 aliphatic carbocycles. The van der Waals surface area contributed by atoms with Crippen LogP contribution in [0.2, 0.25) is 0 Å². The van der Waals surface area contributed by atoms with Gasteiger partial charge in [0.25, 0.3) is 17.5 Å². The number of carbonyl (C=O) groups excluding carboxylic acids is 2. The number of nitrogens with one attached hydrogen (secondary N) is 2. The van der Waals surface area contributed by atoms with E-state index in [0.29, 0.717) is 24.2 Å². The van der Waals surface area contributed by atoms with Gasteiger partial charge < -0.3 is 23.5 Å². The molecular formula is C21H37Cl2N7O7+2. The van der Waals surface area contributed by atoms with Crippen LogP contribution in [0.25, 0.3) is 0 Å². The van der Waals surface area contributed by atoms with Crippen LogP contribution in [0.15, 0.2) is 23.3 Å². The Bertz CT molecular complexity index is 925. The summed E-state index contributed by atoms with van der Waals surface area (Å²) in [6.45, 7) is 6.68. The molecule has 2 heterocycles. The number of nitro groups is 1. The lowest BCUT2D eigenvalue weighted by Gasteiger charge is -2.36. The van der Waals surface area contributed by atoms with Crippen molar-refractivity contribution in [3.63, 3.8) is 0 Å². The molecule has 16 heteroatoms. The van der Waals surface area contributed by atoms with Crippen molar-refractivity contribution in [2.45, 2.75) is 0 Å². The number of nitrogens with two attached hydrogens (primary N) is 1. The zero-order valence-corrected chi connectivity index (χ0v) is 22.6. The van der Waals surface area contributed by atoms with Gasteiger partial charge in [0.05, 0.1) is 51.7 Å². The van der Waals surface area contributed by atoms with Crippen LogP contribution in [0.1, 0.15) is 5.56 Å². The summed E-state index contributed by atoms with van der Waals surface area (Å²) in [7, 11) is 4.01. The van der Waals surface area contributed by atoms with Crippen molar-refractivity contribution in [1.82, 2.24) is 10.9 Å². The van der Waals surface area contributed by atoms with Crippen LogP contribution >= 0.6 is 24.8 Å². The van der Waals surface area contributed by atoms with E-state index in [1.165, 1.54) is 24.4 Å². The first-order valence-corrected chi connectivity index (χ1v) is 11.2. The second-order valence-electron chi connectivity index (χ2n) is 9.04. The van der Waals surface area contributed by atoms with Gasteiger partial charge in [0.1, 0.15) is 31.9 Å². The van der Waals surface area contributed by atoms with Crippen LogP contribution in [0.5, 0.6) is 5.75 Å². The Hall–Kier alpha value is -2.59. The Labute approximate surface area is 227 Å². The molecule has 14 nitrogen and oxygen atoms in total. The highest BCUT2D eigenvalue weighted by Crippen LogP contribution is 2.21. The number of likely N-dealkylation sites (N-methyl/N-ethyl adjacent to an activating group) is 2. The predicted molar refractivity (Wildman–Crippen MR) is 141 cm³/mol. The number of hydrazone groups is 1. The zero-order chi connectivity index (χ0) is 25.9. The monoisotopic (exact) mass is 569 g/mol. The van der Waals surface area contributed by atoms with E-state index < -0.39 is 4.92 Å². The second kappa shape index (κ2) is 16.3. The van der Waals surface area contributed by atoms with Gasteiger partial charge >= 0.3 is 0 Å². The van der Waals surface area contributed by atoms with E-state index in [2.05, 4.69) is 16.0 Å². The molecule has 0 bridgehead atoms. The molecule has 0 radical (unpaired) electrons. The van der Waals surface area contributed by atoms with Gasteiger partial charge in [-0.2, -0.15) is 5.10 Å².